The predicted octanol–water partition coefficient (Wildman–Crippen LogP) is -1.65. The summed E-state index contributed by atoms with van der Waals surface area (Å²) in [5.41, 5.74) is 0. The summed E-state index contributed by atoms with van der Waals surface area (Å²) in [6.07, 6.45) is -9.36. The van der Waals surface area contributed by atoms with E-state index in [2.05, 4.69) is 0 Å². The number of hydrogen-bond acceptors (Lipinski definition) is 8. The van der Waals surface area contributed by atoms with Crippen LogP contribution in [0.4, 0.5) is 0 Å². The van der Waals surface area contributed by atoms with Crippen molar-refractivity contribution >= 4 is 0 Å². The van der Waals surface area contributed by atoms with Crippen LogP contribution in [0.2, 0.25) is 0 Å². The fraction of sp³-hybridized carbons (Fsp3) is 1.00. The molecule has 0 spiro atoms. The lowest BCUT2D eigenvalue weighted by Crippen LogP contribution is -2.55. The molecule has 0 aliphatic carbocycles. The summed E-state index contributed by atoms with van der Waals surface area (Å²) in [7, 11) is 0. The van der Waals surface area contributed by atoms with E-state index < -0.39 is 49.5 Å². The Morgan fingerprint density at radius 3 is 2.18 bits per heavy atom. The van der Waals surface area contributed by atoms with Crippen LogP contribution in [0.5, 0.6) is 0 Å². The zero-order valence-electron chi connectivity index (χ0n) is 13.5. The molecule has 0 aromatic carbocycles. The van der Waals surface area contributed by atoms with Gasteiger partial charge in [0.15, 0.2) is 6.29 Å². The Bertz CT molecular complexity index is 288. The Morgan fingerprint density at radius 2 is 1.73 bits per heavy atom. The van der Waals surface area contributed by atoms with Gasteiger partial charge < -0.3 is 40.1 Å². The quantitative estimate of drug-likeness (QED) is 0.341. The maximum Gasteiger partial charge on any atom is 0.186 e. The van der Waals surface area contributed by atoms with Crippen molar-refractivity contribution < 1.29 is 40.1 Å². The van der Waals surface area contributed by atoms with E-state index >= 15 is 0 Å². The fourth-order valence-electron chi connectivity index (χ4n) is 2.07. The minimum absolute atomic E-state index is 0.229. The molecule has 1 saturated heterocycles. The predicted molar refractivity (Wildman–Crippen MR) is 78.0 cm³/mol. The smallest absolute Gasteiger partial charge is 0.186 e. The van der Waals surface area contributed by atoms with Gasteiger partial charge in [0.25, 0.3) is 0 Å². The van der Waals surface area contributed by atoms with Gasteiger partial charge in [0, 0.05) is 6.42 Å². The van der Waals surface area contributed by atoms with Gasteiger partial charge in [-0.25, -0.2) is 0 Å². The molecule has 0 aromatic rings. The first-order chi connectivity index (χ1) is 10.3. The van der Waals surface area contributed by atoms with Gasteiger partial charge in [-0.3, -0.25) is 0 Å². The summed E-state index contributed by atoms with van der Waals surface area (Å²) in [5.74, 6) is 0. The zero-order valence-corrected chi connectivity index (χ0v) is 13.5. The molecule has 1 aliphatic rings. The number of aliphatic hydroxyl groups excluding tert-OH is 6. The highest BCUT2D eigenvalue weighted by atomic mass is 16.7. The van der Waals surface area contributed by atoms with Crippen molar-refractivity contribution in [1.29, 1.82) is 0 Å². The van der Waals surface area contributed by atoms with Crippen LogP contribution in [-0.4, -0.2) is 86.3 Å². The average molecular weight is 326 g/mol. The molecule has 0 radical (unpaired) electrons. The Kier molecular flexibility index (Phi) is 10.3. The van der Waals surface area contributed by atoms with Crippen LogP contribution >= 0.6 is 0 Å². The molecule has 6 N–H and O–H groups in total. The molecule has 0 amide bonds. The van der Waals surface area contributed by atoms with Crippen molar-refractivity contribution in [1.82, 2.24) is 0 Å². The SMILES string of the molecule is CC.CC(O)C(O)C(O[C@@H]1O[C@H](C)C[C@H](O)[C@H]1O)C(O)CO. The second kappa shape index (κ2) is 10.5. The van der Waals surface area contributed by atoms with Crippen LogP contribution < -0.4 is 0 Å². The lowest BCUT2D eigenvalue weighted by molar-refractivity contribution is -0.300. The summed E-state index contributed by atoms with van der Waals surface area (Å²) >= 11 is 0. The largest absolute Gasteiger partial charge is 0.394 e. The van der Waals surface area contributed by atoms with Crippen LogP contribution in [0.1, 0.15) is 34.1 Å². The van der Waals surface area contributed by atoms with Gasteiger partial charge in [-0.2, -0.15) is 0 Å². The summed E-state index contributed by atoms with van der Waals surface area (Å²) in [6, 6.07) is 0. The van der Waals surface area contributed by atoms with Crippen LogP contribution in [0.15, 0.2) is 0 Å². The minimum Gasteiger partial charge on any atom is -0.394 e. The fourth-order valence-corrected chi connectivity index (χ4v) is 2.07. The van der Waals surface area contributed by atoms with Crippen molar-refractivity contribution in [2.45, 2.75) is 83.1 Å². The third kappa shape index (κ3) is 6.05. The van der Waals surface area contributed by atoms with Gasteiger partial charge in [-0.1, -0.05) is 13.8 Å². The summed E-state index contributed by atoms with van der Waals surface area (Å²) in [4.78, 5) is 0. The summed E-state index contributed by atoms with van der Waals surface area (Å²) in [5, 5.41) is 57.2. The van der Waals surface area contributed by atoms with Crippen LogP contribution in [-0.2, 0) is 9.47 Å². The van der Waals surface area contributed by atoms with Crippen molar-refractivity contribution in [2.75, 3.05) is 6.61 Å². The van der Waals surface area contributed by atoms with E-state index in [0.29, 0.717) is 0 Å². The molecule has 8 nitrogen and oxygen atoms in total. The van der Waals surface area contributed by atoms with Gasteiger partial charge in [0.2, 0.25) is 0 Å². The number of rotatable bonds is 6. The van der Waals surface area contributed by atoms with E-state index in [4.69, 9.17) is 14.6 Å². The molecule has 8 atom stereocenters. The minimum atomic E-state index is -1.48. The molecule has 1 fully saturated rings. The van der Waals surface area contributed by atoms with E-state index in [0.717, 1.165) is 0 Å². The number of ether oxygens (including phenoxy) is 2. The second-order valence-electron chi connectivity index (χ2n) is 5.19. The Hall–Kier alpha value is -0.320. The first-order valence-electron chi connectivity index (χ1n) is 7.60. The molecular formula is C14H30O8. The van der Waals surface area contributed by atoms with E-state index in [1.165, 1.54) is 6.92 Å². The van der Waals surface area contributed by atoms with Gasteiger partial charge in [-0.15, -0.1) is 0 Å². The molecule has 134 valence electrons. The Morgan fingerprint density at radius 1 is 1.18 bits per heavy atom. The van der Waals surface area contributed by atoms with Crippen molar-refractivity contribution in [3.05, 3.63) is 0 Å². The maximum atomic E-state index is 9.79. The Labute approximate surface area is 130 Å². The first kappa shape index (κ1) is 21.7. The van der Waals surface area contributed by atoms with Gasteiger partial charge in [0.1, 0.15) is 24.4 Å². The molecule has 0 bridgehead atoms. The van der Waals surface area contributed by atoms with E-state index in [1.54, 1.807) is 6.92 Å². The van der Waals surface area contributed by atoms with E-state index in [1.807, 2.05) is 13.8 Å². The highest BCUT2D eigenvalue weighted by molar-refractivity contribution is 4.85. The normalized spacial score (nSPS) is 34.1. The van der Waals surface area contributed by atoms with Crippen molar-refractivity contribution in [3.8, 4) is 0 Å². The van der Waals surface area contributed by atoms with Crippen LogP contribution in [0.3, 0.4) is 0 Å². The van der Waals surface area contributed by atoms with Gasteiger partial charge in [0.05, 0.1) is 24.9 Å². The molecule has 22 heavy (non-hydrogen) atoms. The van der Waals surface area contributed by atoms with E-state index in [-0.39, 0.29) is 12.5 Å². The molecule has 1 aliphatic heterocycles. The van der Waals surface area contributed by atoms with Crippen LogP contribution in [0.25, 0.3) is 0 Å². The highest BCUT2D eigenvalue weighted by Gasteiger charge is 2.40. The number of hydrogen-bond donors (Lipinski definition) is 6. The van der Waals surface area contributed by atoms with E-state index in [9.17, 15) is 25.5 Å². The highest BCUT2D eigenvalue weighted by Crippen LogP contribution is 2.24. The lowest BCUT2D eigenvalue weighted by atomic mass is 10.0. The monoisotopic (exact) mass is 326 g/mol. The molecule has 1 rings (SSSR count). The van der Waals surface area contributed by atoms with Crippen LogP contribution in [0, 0.1) is 0 Å². The number of aliphatic hydroxyl groups is 6. The molecule has 0 aromatic heterocycles. The maximum absolute atomic E-state index is 9.79. The average Bonchev–Trinajstić information content (AvgIpc) is 2.49. The lowest BCUT2D eigenvalue weighted by Gasteiger charge is -2.39. The molecule has 4 unspecified atom stereocenters. The standard InChI is InChI=1S/C12H24O8.C2H6/c1-5-3-7(15)10(18)12(19-5)20-11(8(16)4-13)9(17)6(2)14;1-2/h5-18H,3-4H2,1-2H3;1-2H3/t5-,6?,7+,8?,9?,10-,11?,12+;/m1./s1. The third-order valence-electron chi connectivity index (χ3n) is 3.30. The zero-order chi connectivity index (χ0) is 17.4. The van der Waals surface area contributed by atoms with Gasteiger partial charge >= 0.3 is 0 Å². The van der Waals surface area contributed by atoms with Crippen molar-refractivity contribution in [3.63, 3.8) is 0 Å². The van der Waals surface area contributed by atoms with Crippen molar-refractivity contribution in [2.24, 2.45) is 0 Å². The second-order valence-corrected chi connectivity index (χ2v) is 5.19. The molecule has 0 saturated carbocycles. The molecule has 8 heteroatoms. The summed E-state index contributed by atoms with van der Waals surface area (Å²) < 4.78 is 10.6. The Balaban J connectivity index is 0.00000211. The third-order valence-corrected chi connectivity index (χ3v) is 3.30. The summed E-state index contributed by atoms with van der Waals surface area (Å²) in [6.45, 7) is 6.27. The molecular weight excluding hydrogens is 296 g/mol. The first-order valence-corrected chi connectivity index (χ1v) is 7.60. The molecule has 1 heterocycles. The topological polar surface area (TPSA) is 140 Å². The van der Waals surface area contributed by atoms with Gasteiger partial charge in [-0.05, 0) is 13.8 Å².